The second-order valence-electron chi connectivity index (χ2n) is 1.85. The maximum Gasteiger partial charge on any atom is 0.308 e. The molecule has 0 fully saturated rings. The number of thiol groups is 1. The Morgan fingerprint density at radius 2 is 2.27 bits per heavy atom. The molecule has 2 N–H and O–H groups in total. The fourth-order valence-corrected chi connectivity index (χ4v) is 3.88. The highest BCUT2D eigenvalue weighted by Gasteiger charge is 2.21. The third-order valence-electron chi connectivity index (χ3n) is 0.911. The predicted octanol–water partition coefficient (Wildman–Crippen LogP) is 0.884. The Balaban J connectivity index is 3.98. The number of carbonyl (C=O) groups is 1. The molecule has 0 saturated carbocycles. The van der Waals surface area contributed by atoms with Gasteiger partial charge in [-0.3, -0.25) is 9.36 Å². The molecule has 0 bridgehead atoms. The molecule has 0 aromatic heterocycles. The Morgan fingerprint density at radius 3 is 2.55 bits per heavy atom. The Kier molecular flexibility index (Phi) is 4.55. The molecule has 0 aliphatic rings. The molecule has 0 radical (unpaired) electrons. The highest BCUT2D eigenvalue weighted by atomic mass is 33.1. The van der Waals surface area contributed by atoms with Crippen molar-refractivity contribution >= 4 is 35.3 Å². The van der Waals surface area contributed by atoms with E-state index in [-0.39, 0.29) is 5.91 Å². The lowest BCUT2D eigenvalue weighted by molar-refractivity contribution is -0.119. The Morgan fingerprint density at radius 1 is 1.82 bits per heavy atom. The molecule has 0 aliphatic carbocycles. The molecule has 1 amide bonds. The van der Waals surface area contributed by atoms with E-state index in [9.17, 15) is 9.36 Å². The molecule has 7 heteroatoms. The molecule has 0 spiro atoms. The van der Waals surface area contributed by atoms with Crippen LogP contribution in [-0.4, -0.2) is 23.1 Å². The van der Waals surface area contributed by atoms with Crippen molar-refractivity contribution in [2.75, 3.05) is 7.05 Å². The van der Waals surface area contributed by atoms with Crippen molar-refractivity contribution < 1.29 is 14.3 Å². The van der Waals surface area contributed by atoms with E-state index >= 15 is 0 Å². The first kappa shape index (κ1) is 11.4. The normalized spacial score (nSPS) is 18.5. The van der Waals surface area contributed by atoms with Gasteiger partial charge >= 0.3 is 5.77 Å². The zero-order valence-corrected chi connectivity index (χ0v) is 8.75. The molecule has 66 valence electrons. The summed E-state index contributed by atoms with van der Waals surface area (Å²) >= 11 is 4.07. The summed E-state index contributed by atoms with van der Waals surface area (Å²) in [6.07, 6.45) is 0. The second kappa shape index (κ2) is 4.40. The van der Waals surface area contributed by atoms with Crippen LogP contribution in [0.15, 0.2) is 0 Å². The zero-order chi connectivity index (χ0) is 9.07. The lowest BCUT2D eigenvalue weighted by Crippen LogP contribution is -2.26. The smallest absolute Gasteiger partial charge is 0.308 e. The van der Waals surface area contributed by atoms with Crippen molar-refractivity contribution in [2.45, 2.75) is 12.2 Å². The van der Waals surface area contributed by atoms with Crippen LogP contribution < -0.4 is 5.32 Å². The van der Waals surface area contributed by atoms with Gasteiger partial charge in [-0.1, -0.05) is 12.2 Å². The van der Waals surface area contributed by atoms with Gasteiger partial charge in [-0.05, 0) is 18.3 Å². The number of carbonyl (C=O) groups excluding carboxylic acids is 1. The van der Waals surface area contributed by atoms with Crippen LogP contribution in [0.4, 0.5) is 0 Å². The van der Waals surface area contributed by atoms with E-state index < -0.39 is 11.0 Å². The first-order valence-electron chi connectivity index (χ1n) is 2.82. The molecule has 0 rings (SSSR count). The van der Waals surface area contributed by atoms with Gasteiger partial charge in [0.25, 0.3) is 0 Å². The van der Waals surface area contributed by atoms with Gasteiger partial charge in [0.15, 0.2) is 0 Å². The van der Waals surface area contributed by atoms with Gasteiger partial charge in [-0.15, -0.1) is 0 Å². The highest BCUT2D eigenvalue weighted by molar-refractivity contribution is 8.84. The van der Waals surface area contributed by atoms with Crippen molar-refractivity contribution in [3.05, 3.63) is 0 Å². The molecule has 0 aliphatic heterocycles. The lowest BCUT2D eigenvalue weighted by Gasteiger charge is -2.09. The fraction of sp³-hybridized carbons (Fsp3) is 0.750. The summed E-state index contributed by atoms with van der Waals surface area (Å²) in [6.45, 7) is 1.54. The average Bonchev–Trinajstić information content (AvgIpc) is 1.82. The molecule has 2 atom stereocenters. The Bertz CT molecular complexity index is 192. The van der Waals surface area contributed by atoms with E-state index in [2.05, 4.69) is 17.6 Å². The molecule has 0 saturated heterocycles. The predicted molar refractivity (Wildman–Crippen MR) is 49.9 cm³/mol. The Labute approximate surface area is 74.5 Å². The summed E-state index contributed by atoms with van der Waals surface area (Å²) in [4.78, 5) is 19.5. The third kappa shape index (κ3) is 5.61. The molecule has 0 aromatic carbocycles. The van der Waals surface area contributed by atoms with Gasteiger partial charge in [0.1, 0.15) is 0 Å². The quantitative estimate of drug-likeness (QED) is 0.483. The van der Waals surface area contributed by atoms with Crippen molar-refractivity contribution in [3.63, 3.8) is 0 Å². The summed E-state index contributed by atoms with van der Waals surface area (Å²) < 4.78 is 10.6. The molecular weight excluding hydrogens is 205 g/mol. The van der Waals surface area contributed by atoms with Gasteiger partial charge in [-0.25, -0.2) is 0 Å². The van der Waals surface area contributed by atoms with E-state index in [1.165, 1.54) is 7.05 Å². The molecule has 4 nitrogen and oxygen atoms in total. The maximum atomic E-state index is 10.8. The minimum absolute atomic E-state index is 0.279. The van der Waals surface area contributed by atoms with Crippen LogP contribution in [-0.2, 0) is 9.36 Å². The lowest BCUT2D eigenvalue weighted by atomic mass is 10.4. The van der Waals surface area contributed by atoms with Gasteiger partial charge in [0, 0.05) is 7.05 Å². The summed E-state index contributed by atoms with van der Waals surface area (Å²) in [6, 6.07) is 0. The first-order valence-corrected chi connectivity index (χ1v) is 7.12. The van der Waals surface area contributed by atoms with Crippen LogP contribution in [0, 0.1) is 0 Å². The van der Waals surface area contributed by atoms with E-state index in [0.717, 1.165) is 0 Å². The number of rotatable bonds is 3. The van der Waals surface area contributed by atoms with Crippen LogP contribution >= 0.6 is 29.4 Å². The van der Waals surface area contributed by atoms with Gasteiger partial charge < -0.3 is 10.2 Å². The van der Waals surface area contributed by atoms with E-state index in [0.29, 0.717) is 11.4 Å². The second-order valence-corrected chi connectivity index (χ2v) is 8.31. The summed E-state index contributed by atoms with van der Waals surface area (Å²) in [5.41, 5.74) is 0. The topological polar surface area (TPSA) is 66.4 Å². The van der Waals surface area contributed by atoms with Crippen molar-refractivity contribution in [2.24, 2.45) is 0 Å². The van der Waals surface area contributed by atoms with Crippen molar-refractivity contribution in [3.8, 4) is 0 Å². The number of nitrogens with one attached hydrogen (secondary N) is 1. The molecule has 11 heavy (non-hydrogen) atoms. The van der Waals surface area contributed by atoms with Crippen LogP contribution in [0.1, 0.15) is 6.92 Å². The molecule has 2 unspecified atom stereocenters. The standard InChI is InChI=1S/C4H10NO3PS2/c1-3(4(6)5-2)11-9(7,8)10/h3H,1-2H3,(H,5,6)(H2,7,8,10). The van der Waals surface area contributed by atoms with E-state index in [1.807, 2.05) is 0 Å². The SMILES string of the molecule is CNC(=O)C(C)SP(=O)(O)S. The highest BCUT2D eigenvalue weighted by Crippen LogP contribution is 2.60. The monoisotopic (exact) mass is 215 g/mol. The summed E-state index contributed by atoms with van der Waals surface area (Å²) in [5.74, 6) is -3.72. The number of hydrogen-bond acceptors (Lipinski definition) is 3. The van der Waals surface area contributed by atoms with E-state index in [4.69, 9.17) is 4.89 Å². The van der Waals surface area contributed by atoms with Crippen LogP contribution in [0.3, 0.4) is 0 Å². The van der Waals surface area contributed by atoms with Gasteiger partial charge in [0.05, 0.1) is 5.25 Å². The number of hydrogen-bond donors (Lipinski definition) is 3. The van der Waals surface area contributed by atoms with E-state index in [1.54, 1.807) is 6.92 Å². The molecule has 0 heterocycles. The molecule has 0 aromatic rings. The maximum absolute atomic E-state index is 10.8. The third-order valence-corrected chi connectivity index (χ3v) is 4.34. The molecular formula is C4H10NO3PS2. The fourth-order valence-electron chi connectivity index (χ4n) is 0.457. The Hall–Kier alpha value is 0.360. The van der Waals surface area contributed by atoms with Crippen molar-refractivity contribution in [1.82, 2.24) is 5.32 Å². The van der Waals surface area contributed by atoms with Crippen LogP contribution in [0.5, 0.6) is 0 Å². The summed E-state index contributed by atoms with van der Waals surface area (Å²) in [5, 5.41) is 1.81. The summed E-state index contributed by atoms with van der Waals surface area (Å²) in [7, 11) is 1.47. The number of amides is 1. The van der Waals surface area contributed by atoms with Gasteiger partial charge in [-0.2, -0.15) is 0 Å². The zero-order valence-electron chi connectivity index (χ0n) is 6.14. The largest absolute Gasteiger partial charge is 0.358 e. The van der Waals surface area contributed by atoms with Crippen LogP contribution in [0.2, 0.25) is 0 Å². The van der Waals surface area contributed by atoms with Crippen LogP contribution in [0.25, 0.3) is 0 Å². The minimum atomic E-state index is -3.44. The average molecular weight is 215 g/mol. The van der Waals surface area contributed by atoms with Gasteiger partial charge in [0.2, 0.25) is 5.91 Å². The first-order chi connectivity index (χ1) is 4.87. The van der Waals surface area contributed by atoms with Crippen molar-refractivity contribution in [1.29, 1.82) is 0 Å². The minimum Gasteiger partial charge on any atom is -0.358 e.